The van der Waals surface area contributed by atoms with E-state index >= 15 is 0 Å². The maximum atomic E-state index is 13.3. The van der Waals surface area contributed by atoms with Gasteiger partial charge in [0.05, 0.1) is 23.9 Å². The number of carbonyl (C=O) groups is 2. The van der Waals surface area contributed by atoms with Gasteiger partial charge in [0, 0.05) is 10.7 Å². The lowest BCUT2D eigenvalue weighted by Crippen LogP contribution is -2.24. The predicted molar refractivity (Wildman–Crippen MR) is 119 cm³/mol. The molecule has 1 heterocycles. The van der Waals surface area contributed by atoms with Crippen molar-refractivity contribution in [2.75, 3.05) is 18.6 Å². The normalized spacial score (nSPS) is 15.0. The highest BCUT2D eigenvalue weighted by Crippen LogP contribution is 2.37. The molecule has 0 radical (unpaired) electrons. The van der Waals surface area contributed by atoms with Crippen LogP contribution >= 0.6 is 11.6 Å². The first-order chi connectivity index (χ1) is 14.4. The number of amides is 1. The van der Waals surface area contributed by atoms with Crippen LogP contribution in [0.15, 0.2) is 72.0 Å². The molecule has 0 saturated carbocycles. The van der Waals surface area contributed by atoms with Crippen molar-refractivity contribution in [3.63, 3.8) is 0 Å². The standard InChI is InChI=1S/C24H22ClNO4/c1-5-11-30-19-8-6-7-17(12-19)13-20-22(24(28)29-4)16(3)26(23(20)27)18-10-9-15(2)21(25)14-18/h5-10,12-14H,1,11H2,2-4H3/b20-13-. The third-order valence-corrected chi connectivity index (χ3v) is 5.15. The number of hydrogen-bond acceptors (Lipinski definition) is 4. The summed E-state index contributed by atoms with van der Waals surface area (Å²) in [7, 11) is 1.29. The molecule has 30 heavy (non-hydrogen) atoms. The van der Waals surface area contributed by atoms with Crippen molar-refractivity contribution >= 4 is 35.2 Å². The number of anilines is 1. The molecule has 1 aliphatic heterocycles. The van der Waals surface area contributed by atoms with Crippen molar-refractivity contribution in [3.05, 3.63) is 88.1 Å². The molecule has 0 aromatic heterocycles. The molecule has 154 valence electrons. The molecule has 0 atom stereocenters. The number of allylic oxidation sites excluding steroid dienone is 1. The molecule has 1 aliphatic rings. The fourth-order valence-corrected chi connectivity index (χ4v) is 3.40. The molecule has 2 aromatic rings. The number of halogens is 1. The zero-order valence-electron chi connectivity index (χ0n) is 17.1. The summed E-state index contributed by atoms with van der Waals surface area (Å²) in [6, 6.07) is 12.6. The Kier molecular flexibility index (Phi) is 6.43. The molecule has 0 fully saturated rings. The van der Waals surface area contributed by atoms with Gasteiger partial charge in [-0.15, -0.1) is 0 Å². The van der Waals surface area contributed by atoms with Crippen LogP contribution in [0.25, 0.3) is 6.08 Å². The van der Waals surface area contributed by atoms with Crippen molar-refractivity contribution in [1.82, 2.24) is 0 Å². The summed E-state index contributed by atoms with van der Waals surface area (Å²) in [5.74, 6) is -0.269. The van der Waals surface area contributed by atoms with Gasteiger partial charge in [-0.3, -0.25) is 9.69 Å². The van der Waals surface area contributed by atoms with E-state index in [0.29, 0.717) is 28.8 Å². The molecule has 0 unspecified atom stereocenters. The quantitative estimate of drug-likeness (QED) is 0.369. The number of rotatable bonds is 6. The summed E-state index contributed by atoms with van der Waals surface area (Å²) in [5.41, 5.74) is 3.15. The Morgan fingerprint density at radius 3 is 2.63 bits per heavy atom. The molecule has 0 spiro atoms. The number of hydrogen-bond donors (Lipinski definition) is 0. The first-order valence-electron chi connectivity index (χ1n) is 9.33. The van der Waals surface area contributed by atoms with Crippen LogP contribution in [0.4, 0.5) is 5.69 Å². The van der Waals surface area contributed by atoms with Crippen LogP contribution in [0.1, 0.15) is 18.1 Å². The Labute approximate surface area is 180 Å². The lowest BCUT2D eigenvalue weighted by Gasteiger charge is -2.18. The van der Waals surface area contributed by atoms with Crippen molar-refractivity contribution in [2.24, 2.45) is 0 Å². The second kappa shape index (κ2) is 9.01. The van der Waals surface area contributed by atoms with Gasteiger partial charge in [-0.1, -0.05) is 42.5 Å². The average Bonchev–Trinajstić information content (AvgIpc) is 2.98. The van der Waals surface area contributed by atoms with E-state index in [1.165, 1.54) is 12.0 Å². The molecule has 0 bridgehead atoms. The molecular formula is C24H22ClNO4. The van der Waals surface area contributed by atoms with Crippen LogP contribution in [0, 0.1) is 6.92 Å². The Morgan fingerprint density at radius 1 is 1.20 bits per heavy atom. The Morgan fingerprint density at radius 2 is 1.97 bits per heavy atom. The molecule has 1 amide bonds. The van der Waals surface area contributed by atoms with E-state index in [1.54, 1.807) is 37.3 Å². The van der Waals surface area contributed by atoms with E-state index in [1.807, 2.05) is 31.2 Å². The van der Waals surface area contributed by atoms with Crippen LogP contribution in [0.3, 0.4) is 0 Å². The summed E-state index contributed by atoms with van der Waals surface area (Å²) in [6.07, 6.45) is 3.31. The molecule has 0 N–H and O–H groups in total. The minimum absolute atomic E-state index is 0.219. The molecule has 3 rings (SSSR count). The second-order valence-electron chi connectivity index (χ2n) is 6.76. The maximum Gasteiger partial charge on any atom is 0.340 e. The SMILES string of the molecule is C=CCOc1cccc(/C=C2\C(=O)N(c3ccc(C)c(Cl)c3)C(C)=C2C(=O)OC)c1. The Bertz CT molecular complexity index is 1080. The number of ether oxygens (including phenoxy) is 2. The number of benzene rings is 2. The number of esters is 1. The maximum absolute atomic E-state index is 13.3. The Balaban J connectivity index is 2.08. The lowest BCUT2D eigenvalue weighted by molar-refractivity contribution is -0.136. The van der Waals surface area contributed by atoms with Gasteiger partial charge in [0.25, 0.3) is 5.91 Å². The van der Waals surface area contributed by atoms with E-state index in [9.17, 15) is 9.59 Å². The smallest absolute Gasteiger partial charge is 0.340 e. The minimum Gasteiger partial charge on any atom is -0.490 e. The topological polar surface area (TPSA) is 55.8 Å². The number of carbonyl (C=O) groups excluding carboxylic acids is 2. The number of aryl methyl sites for hydroxylation is 1. The van der Waals surface area contributed by atoms with Crippen molar-refractivity contribution in [1.29, 1.82) is 0 Å². The Hall–Kier alpha value is -3.31. The average molecular weight is 424 g/mol. The highest BCUT2D eigenvalue weighted by Gasteiger charge is 2.38. The third kappa shape index (κ3) is 4.16. The fraction of sp³-hybridized carbons (Fsp3) is 0.167. The lowest BCUT2D eigenvalue weighted by atomic mass is 10.0. The van der Waals surface area contributed by atoms with Gasteiger partial charge in [0.2, 0.25) is 0 Å². The van der Waals surface area contributed by atoms with Crippen LogP contribution in [-0.2, 0) is 14.3 Å². The van der Waals surface area contributed by atoms with E-state index in [4.69, 9.17) is 21.1 Å². The first kappa shape index (κ1) is 21.4. The van der Waals surface area contributed by atoms with Gasteiger partial charge in [-0.2, -0.15) is 0 Å². The molecule has 6 heteroatoms. The second-order valence-corrected chi connectivity index (χ2v) is 7.16. The zero-order chi connectivity index (χ0) is 21.8. The third-order valence-electron chi connectivity index (χ3n) is 4.74. The van der Waals surface area contributed by atoms with Gasteiger partial charge in [-0.25, -0.2) is 4.79 Å². The predicted octanol–water partition coefficient (Wildman–Crippen LogP) is 5.09. The number of methoxy groups -OCH3 is 1. The van der Waals surface area contributed by atoms with Crippen molar-refractivity contribution in [3.8, 4) is 5.75 Å². The minimum atomic E-state index is -0.577. The van der Waals surface area contributed by atoms with Gasteiger partial charge in [0.1, 0.15) is 12.4 Å². The number of nitrogens with zero attached hydrogens (tertiary/aromatic N) is 1. The van der Waals surface area contributed by atoms with Gasteiger partial charge < -0.3 is 9.47 Å². The summed E-state index contributed by atoms with van der Waals surface area (Å²) < 4.78 is 10.5. The molecule has 2 aromatic carbocycles. The summed E-state index contributed by atoms with van der Waals surface area (Å²) >= 11 is 6.26. The van der Waals surface area contributed by atoms with E-state index in [0.717, 1.165) is 11.1 Å². The van der Waals surface area contributed by atoms with E-state index < -0.39 is 5.97 Å². The molecule has 0 saturated heterocycles. The van der Waals surface area contributed by atoms with Gasteiger partial charge in [-0.05, 0) is 55.3 Å². The highest BCUT2D eigenvalue weighted by atomic mass is 35.5. The monoisotopic (exact) mass is 423 g/mol. The van der Waals surface area contributed by atoms with Crippen LogP contribution < -0.4 is 9.64 Å². The zero-order valence-corrected chi connectivity index (χ0v) is 17.8. The van der Waals surface area contributed by atoms with Crippen LogP contribution in [0.5, 0.6) is 5.75 Å². The van der Waals surface area contributed by atoms with Crippen molar-refractivity contribution < 1.29 is 19.1 Å². The molecule has 0 aliphatic carbocycles. The fourth-order valence-electron chi connectivity index (χ4n) is 3.23. The molecular weight excluding hydrogens is 402 g/mol. The summed E-state index contributed by atoms with van der Waals surface area (Å²) in [5, 5.41) is 0.539. The molecule has 5 nitrogen and oxygen atoms in total. The van der Waals surface area contributed by atoms with Gasteiger partial charge >= 0.3 is 5.97 Å². The van der Waals surface area contributed by atoms with Gasteiger partial charge in [0.15, 0.2) is 0 Å². The van der Waals surface area contributed by atoms with E-state index in [2.05, 4.69) is 6.58 Å². The van der Waals surface area contributed by atoms with Crippen molar-refractivity contribution in [2.45, 2.75) is 13.8 Å². The highest BCUT2D eigenvalue weighted by molar-refractivity contribution is 6.32. The van der Waals surface area contributed by atoms with E-state index in [-0.39, 0.29) is 17.1 Å². The van der Waals surface area contributed by atoms with Crippen LogP contribution in [0.2, 0.25) is 5.02 Å². The summed E-state index contributed by atoms with van der Waals surface area (Å²) in [4.78, 5) is 27.3. The summed E-state index contributed by atoms with van der Waals surface area (Å²) in [6.45, 7) is 7.59. The first-order valence-corrected chi connectivity index (χ1v) is 9.70. The van der Waals surface area contributed by atoms with Crippen LogP contribution in [-0.4, -0.2) is 25.6 Å². The largest absolute Gasteiger partial charge is 0.490 e.